The molecule has 92 valence electrons. The van der Waals surface area contributed by atoms with Gasteiger partial charge in [-0.3, -0.25) is 0 Å². The topological polar surface area (TPSA) is 26.3 Å². The number of ether oxygens (including phenoxy) is 1. The summed E-state index contributed by atoms with van der Waals surface area (Å²) in [4.78, 5) is 11.0. The van der Waals surface area contributed by atoms with Crippen molar-refractivity contribution >= 4 is 6.29 Å². The third-order valence-electron chi connectivity index (χ3n) is 2.68. The van der Waals surface area contributed by atoms with Crippen LogP contribution in [0.1, 0.15) is 26.3 Å². The lowest BCUT2D eigenvalue weighted by Crippen LogP contribution is -2.31. The predicted octanol–water partition coefficient (Wildman–Crippen LogP) is 3.37. The van der Waals surface area contributed by atoms with E-state index in [0.717, 1.165) is 11.8 Å². The molecule has 1 aromatic carbocycles. The van der Waals surface area contributed by atoms with Crippen LogP contribution in [0, 0.1) is 5.41 Å². The number of carbonyl (C=O) groups excluding carboxylic acids is 1. The fraction of sp³-hybridized carbons (Fsp3) is 0.400. The molecule has 0 heterocycles. The first kappa shape index (κ1) is 13.7. The molecule has 0 saturated heterocycles. The second-order valence-electron chi connectivity index (χ2n) is 4.68. The summed E-state index contributed by atoms with van der Waals surface area (Å²) >= 11 is 0. The van der Waals surface area contributed by atoms with Crippen LogP contribution in [0.3, 0.4) is 0 Å². The van der Waals surface area contributed by atoms with E-state index in [1.165, 1.54) is 0 Å². The molecule has 0 radical (unpaired) electrons. The van der Waals surface area contributed by atoms with Crippen LogP contribution in [0.2, 0.25) is 0 Å². The largest absolute Gasteiger partial charge is 0.368 e. The summed E-state index contributed by atoms with van der Waals surface area (Å²) in [6.07, 6.45) is 4.60. The molecule has 17 heavy (non-hydrogen) atoms. The summed E-state index contributed by atoms with van der Waals surface area (Å²) < 4.78 is 5.81. The van der Waals surface area contributed by atoms with Crippen molar-refractivity contribution in [1.82, 2.24) is 0 Å². The lowest BCUT2D eigenvalue weighted by atomic mass is 9.88. The molecule has 0 aliphatic heterocycles. The Hall–Kier alpha value is -1.41. The lowest BCUT2D eigenvalue weighted by Gasteiger charge is -2.26. The normalized spacial score (nSPS) is 13.8. The molecule has 0 aliphatic rings. The van der Waals surface area contributed by atoms with E-state index < -0.39 is 5.41 Å². The minimum atomic E-state index is -0.499. The molecule has 0 N–H and O–H groups in total. The molecular formula is C15H20O2. The number of rotatable bonds is 6. The first-order valence-corrected chi connectivity index (χ1v) is 5.85. The van der Waals surface area contributed by atoms with Gasteiger partial charge < -0.3 is 9.53 Å². The predicted molar refractivity (Wildman–Crippen MR) is 69.7 cm³/mol. The fourth-order valence-corrected chi connectivity index (χ4v) is 1.52. The number of allylic oxidation sites excluding steroid dienone is 1. The van der Waals surface area contributed by atoms with Crippen molar-refractivity contribution in [3.05, 3.63) is 48.0 Å². The van der Waals surface area contributed by atoms with Crippen LogP contribution < -0.4 is 0 Å². The highest BCUT2D eigenvalue weighted by atomic mass is 16.5. The van der Waals surface area contributed by atoms with Gasteiger partial charge in [-0.05, 0) is 12.5 Å². The summed E-state index contributed by atoms with van der Waals surface area (Å²) in [5, 5.41) is 0. The van der Waals surface area contributed by atoms with E-state index in [4.69, 9.17) is 4.74 Å². The summed E-state index contributed by atoms with van der Waals surface area (Å²) in [6, 6.07) is 9.96. The van der Waals surface area contributed by atoms with Crippen molar-refractivity contribution in [2.75, 3.05) is 0 Å². The van der Waals surface area contributed by atoms with Crippen LogP contribution in [0.25, 0.3) is 0 Å². The van der Waals surface area contributed by atoms with Gasteiger partial charge in [0.1, 0.15) is 6.29 Å². The van der Waals surface area contributed by atoms with Crippen molar-refractivity contribution in [3.63, 3.8) is 0 Å². The third-order valence-corrected chi connectivity index (χ3v) is 2.68. The monoisotopic (exact) mass is 232 g/mol. The van der Waals surface area contributed by atoms with Crippen molar-refractivity contribution in [2.24, 2.45) is 5.41 Å². The molecule has 2 nitrogen and oxygen atoms in total. The Balaban J connectivity index is 2.66. The van der Waals surface area contributed by atoms with Crippen molar-refractivity contribution in [3.8, 4) is 0 Å². The highest BCUT2D eigenvalue weighted by Crippen LogP contribution is 2.23. The van der Waals surface area contributed by atoms with Gasteiger partial charge in [0.15, 0.2) is 0 Å². The summed E-state index contributed by atoms with van der Waals surface area (Å²) in [5.41, 5.74) is 0.616. The molecule has 0 bridgehead atoms. The van der Waals surface area contributed by atoms with Crippen LogP contribution in [-0.2, 0) is 16.1 Å². The van der Waals surface area contributed by atoms with Gasteiger partial charge in [-0.15, -0.1) is 0 Å². The maximum atomic E-state index is 11.0. The summed E-state index contributed by atoms with van der Waals surface area (Å²) in [5.74, 6) is 0. The molecule has 0 saturated carbocycles. The molecule has 1 rings (SSSR count). The lowest BCUT2D eigenvalue weighted by molar-refractivity contribution is -0.121. The molecule has 0 fully saturated rings. The van der Waals surface area contributed by atoms with Gasteiger partial charge in [0.05, 0.1) is 18.1 Å². The van der Waals surface area contributed by atoms with Crippen LogP contribution in [-0.4, -0.2) is 12.4 Å². The SMILES string of the molecule is C/C=C/[C@H](OCc1ccccc1)C(C)(C)C=O. The number of hydrogen-bond donors (Lipinski definition) is 0. The van der Waals surface area contributed by atoms with Gasteiger partial charge in [0, 0.05) is 0 Å². The van der Waals surface area contributed by atoms with Gasteiger partial charge >= 0.3 is 0 Å². The fourth-order valence-electron chi connectivity index (χ4n) is 1.52. The maximum Gasteiger partial charge on any atom is 0.128 e. The number of benzene rings is 1. The van der Waals surface area contributed by atoms with Crippen molar-refractivity contribution in [1.29, 1.82) is 0 Å². The molecule has 1 atom stereocenters. The molecule has 0 spiro atoms. The zero-order chi connectivity index (χ0) is 12.7. The van der Waals surface area contributed by atoms with E-state index in [9.17, 15) is 4.79 Å². The molecule has 2 heteroatoms. The standard InChI is InChI=1S/C15H20O2/c1-4-8-14(15(2,3)12-16)17-11-13-9-6-5-7-10-13/h4-10,12,14H,11H2,1-3H3/b8-4+/t14-/m0/s1. The number of carbonyl (C=O) groups is 1. The highest BCUT2D eigenvalue weighted by Gasteiger charge is 2.27. The second kappa shape index (κ2) is 6.36. The smallest absolute Gasteiger partial charge is 0.128 e. The minimum Gasteiger partial charge on any atom is -0.368 e. The summed E-state index contributed by atoms with van der Waals surface area (Å²) in [6.45, 7) is 6.22. The van der Waals surface area contributed by atoms with Gasteiger partial charge in [-0.25, -0.2) is 0 Å². The Kier molecular flexibility index (Phi) is 5.11. The Morgan fingerprint density at radius 3 is 2.47 bits per heavy atom. The quantitative estimate of drug-likeness (QED) is 0.555. The van der Waals surface area contributed by atoms with E-state index in [0.29, 0.717) is 6.61 Å². The van der Waals surface area contributed by atoms with Gasteiger partial charge in [0.2, 0.25) is 0 Å². The average molecular weight is 232 g/mol. The summed E-state index contributed by atoms with van der Waals surface area (Å²) in [7, 11) is 0. The van der Waals surface area contributed by atoms with Gasteiger partial charge in [-0.1, -0.05) is 56.3 Å². The highest BCUT2D eigenvalue weighted by molar-refractivity contribution is 5.59. The van der Waals surface area contributed by atoms with E-state index >= 15 is 0 Å². The second-order valence-corrected chi connectivity index (χ2v) is 4.68. The van der Waals surface area contributed by atoms with E-state index in [1.54, 1.807) is 0 Å². The van der Waals surface area contributed by atoms with Gasteiger partial charge in [-0.2, -0.15) is 0 Å². The van der Waals surface area contributed by atoms with Crippen LogP contribution >= 0.6 is 0 Å². The molecule has 0 amide bonds. The number of aldehydes is 1. The van der Waals surface area contributed by atoms with E-state index in [1.807, 2.05) is 63.3 Å². The number of hydrogen-bond acceptors (Lipinski definition) is 2. The van der Waals surface area contributed by atoms with Crippen molar-refractivity contribution < 1.29 is 9.53 Å². The first-order chi connectivity index (χ1) is 8.10. The average Bonchev–Trinajstić information content (AvgIpc) is 2.35. The third kappa shape index (κ3) is 4.16. The zero-order valence-electron chi connectivity index (χ0n) is 10.7. The van der Waals surface area contributed by atoms with Gasteiger partial charge in [0.25, 0.3) is 0 Å². The Labute approximate surface area is 103 Å². The van der Waals surface area contributed by atoms with Crippen LogP contribution in [0.5, 0.6) is 0 Å². The van der Waals surface area contributed by atoms with Crippen molar-refractivity contribution in [2.45, 2.75) is 33.5 Å². The van der Waals surface area contributed by atoms with E-state index in [-0.39, 0.29) is 6.10 Å². The molecule has 0 unspecified atom stereocenters. The Morgan fingerprint density at radius 2 is 1.94 bits per heavy atom. The maximum absolute atomic E-state index is 11.0. The molecular weight excluding hydrogens is 212 g/mol. The van der Waals surface area contributed by atoms with Crippen LogP contribution in [0.15, 0.2) is 42.5 Å². The zero-order valence-corrected chi connectivity index (χ0v) is 10.7. The van der Waals surface area contributed by atoms with E-state index in [2.05, 4.69) is 0 Å². The van der Waals surface area contributed by atoms with Crippen LogP contribution in [0.4, 0.5) is 0 Å². The molecule has 0 aliphatic carbocycles. The Bertz CT molecular complexity index is 366. The first-order valence-electron chi connectivity index (χ1n) is 5.85. The molecule has 0 aromatic heterocycles. The minimum absolute atomic E-state index is 0.190. The Morgan fingerprint density at radius 1 is 1.29 bits per heavy atom. The molecule has 1 aromatic rings.